The molecular formula is C40H42O8. The Hall–Kier alpha value is -5.76. The van der Waals surface area contributed by atoms with E-state index in [0.29, 0.717) is 11.1 Å². The van der Waals surface area contributed by atoms with Crippen molar-refractivity contribution in [3.8, 4) is 34.5 Å². The maximum Gasteiger partial charge on any atom is 0.200 e. The zero-order valence-electron chi connectivity index (χ0n) is 27.9. The first-order valence-corrected chi connectivity index (χ1v) is 15.2. The van der Waals surface area contributed by atoms with E-state index < -0.39 is 0 Å². The van der Waals surface area contributed by atoms with Gasteiger partial charge in [-0.15, -0.1) is 0 Å². The molecule has 6 N–H and O–H groups in total. The molecule has 0 unspecified atom stereocenters. The molecule has 0 fully saturated rings. The maximum atomic E-state index is 12.3. The van der Waals surface area contributed by atoms with Crippen molar-refractivity contribution < 1.29 is 40.2 Å². The molecule has 5 aromatic carbocycles. The number of ketones is 2. The van der Waals surface area contributed by atoms with E-state index in [0.717, 1.165) is 11.1 Å². The SMILES string of the molecule is CC(C)(C)c1ccc(C(=O)c2c(O)cccc2O)cc1.CC(C)(C)c1ccc(C(=O)c2c(O)cccc2O)cc1.Oc1cccc(O)c1. The Bertz CT molecular complexity index is 1690. The van der Waals surface area contributed by atoms with Gasteiger partial charge in [-0.2, -0.15) is 0 Å². The zero-order valence-corrected chi connectivity index (χ0v) is 27.9. The first kappa shape index (κ1) is 36.7. The van der Waals surface area contributed by atoms with Crippen LogP contribution in [0.2, 0.25) is 0 Å². The van der Waals surface area contributed by atoms with E-state index >= 15 is 0 Å². The fourth-order valence-corrected chi connectivity index (χ4v) is 4.55. The summed E-state index contributed by atoms with van der Waals surface area (Å²) in [6.45, 7) is 12.6. The fraction of sp³-hybridized carbons (Fsp3) is 0.200. The Kier molecular flexibility index (Phi) is 11.6. The molecule has 0 saturated heterocycles. The van der Waals surface area contributed by atoms with Gasteiger partial charge in [0.1, 0.15) is 45.6 Å². The molecule has 0 bridgehead atoms. The summed E-state index contributed by atoms with van der Waals surface area (Å²) in [6, 6.07) is 28.8. The van der Waals surface area contributed by atoms with Crippen molar-refractivity contribution in [1.29, 1.82) is 0 Å². The van der Waals surface area contributed by atoms with Crippen molar-refractivity contribution in [2.45, 2.75) is 52.4 Å². The van der Waals surface area contributed by atoms with Crippen LogP contribution in [0.25, 0.3) is 0 Å². The van der Waals surface area contributed by atoms with Crippen LogP contribution in [-0.2, 0) is 10.8 Å². The van der Waals surface area contributed by atoms with E-state index in [4.69, 9.17) is 10.2 Å². The highest BCUT2D eigenvalue weighted by Crippen LogP contribution is 2.31. The monoisotopic (exact) mass is 650 g/mol. The van der Waals surface area contributed by atoms with Gasteiger partial charge in [0.15, 0.2) is 11.6 Å². The number of benzene rings is 5. The molecule has 0 radical (unpaired) electrons. The van der Waals surface area contributed by atoms with E-state index in [1.807, 2.05) is 24.3 Å². The quantitative estimate of drug-likeness (QED) is 0.106. The summed E-state index contributed by atoms with van der Waals surface area (Å²) in [4.78, 5) is 24.7. The molecule has 250 valence electrons. The first-order chi connectivity index (χ1) is 22.4. The van der Waals surface area contributed by atoms with Gasteiger partial charge in [-0.05, 0) is 58.4 Å². The average molecular weight is 651 g/mol. The molecule has 0 heterocycles. The second kappa shape index (κ2) is 15.2. The molecule has 0 atom stereocenters. The van der Waals surface area contributed by atoms with Crippen molar-refractivity contribution in [2.75, 3.05) is 0 Å². The highest BCUT2D eigenvalue weighted by Gasteiger charge is 2.21. The maximum absolute atomic E-state index is 12.3. The first-order valence-electron chi connectivity index (χ1n) is 15.2. The van der Waals surface area contributed by atoms with Crippen LogP contribution in [0.1, 0.15) is 84.5 Å². The van der Waals surface area contributed by atoms with Crippen molar-refractivity contribution >= 4 is 11.6 Å². The fourth-order valence-electron chi connectivity index (χ4n) is 4.55. The molecule has 0 aliphatic rings. The number of rotatable bonds is 4. The third-order valence-corrected chi connectivity index (χ3v) is 7.35. The molecule has 48 heavy (non-hydrogen) atoms. The average Bonchev–Trinajstić information content (AvgIpc) is 3.00. The third kappa shape index (κ3) is 9.62. The van der Waals surface area contributed by atoms with Gasteiger partial charge in [0.05, 0.1) is 0 Å². The second-order valence-electron chi connectivity index (χ2n) is 13.2. The van der Waals surface area contributed by atoms with Crippen LogP contribution in [0.3, 0.4) is 0 Å². The Morgan fingerprint density at radius 1 is 0.417 bits per heavy atom. The van der Waals surface area contributed by atoms with E-state index in [1.165, 1.54) is 54.6 Å². The van der Waals surface area contributed by atoms with Crippen LogP contribution in [0, 0.1) is 0 Å². The molecule has 5 aromatic rings. The number of phenolic OH excluding ortho intramolecular Hbond substituents is 6. The predicted molar refractivity (Wildman–Crippen MR) is 186 cm³/mol. The largest absolute Gasteiger partial charge is 0.508 e. The summed E-state index contributed by atoms with van der Waals surface area (Å²) in [5.74, 6) is -1.45. The van der Waals surface area contributed by atoms with Gasteiger partial charge in [0.2, 0.25) is 0 Å². The number of carbonyl (C=O) groups is 2. The molecule has 8 nitrogen and oxygen atoms in total. The van der Waals surface area contributed by atoms with Gasteiger partial charge < -0.3 is 30.6 Å². The molecular weight excluding hydrogens is 608 g/mol. The van der Waals surface area contributed by atoms with Crippen LogP contribution in [-0.4, -0.2) is 42.2 Å². The van der Waals surface area contributed by atoms with Gasteiger partial charge >= 0.3 is 0 Å². The lowest BCUT2D eigenvalue weighted by Crippen LogP contribution is -2.11. The van der Waals surface area contributed by atoms with Crippen LogP contribution < -0.4 is 0 Å². The summed E-state index contributed by atoms with van der Waals surface area (Å²) < 4.78 is 0. The van der Waals surface area contributed by atoms with Gasteiger partial charge in [-0.25, -0.2) is 0 Å². The number of carbonyl (C=O) groups excluding carboxylic acids is 2. The highest BCUT2D eigenvalue weighted by molar-refractivity contribution is 6.13. The summed E-state index contributed by atoms with van der Waals surface area (Å²) in [7, 11) is 0. The number of hydrogen-bond acceptors (Lipinski definition) is 8. The van der Waals surface area contributed by atoms with Crippen molar-refractivity contribution in [3.63, 3.8) is 0 Å². The Morgan fingerprint density at radius 2 is 0.688 bits per heavy atom. The molecule has 0 aliphatic heterocycles. The molecule has 0 amide bonds. The number of aromatic hydroxyl groups is 6. The molecule has 0 aromatic heterocycles. The highest BCUT2D eigenvalue weighted by atomic mass is 16.3. The minimum Gasteiger partial charge on any atom is -0.508 e. The third-order valence-electron chi connectivity index (χ3n) is 7.35. The standard InChI is InChI=1S/2C17H18O3.C6H6O2/c2*1-17(2,3)12-9-7-11(8-10-12)16(20)15-13(18)5-4-6-14(15)19;7-5-2-1-3-6(8)4-5/h2*4-10,18-19H,1-3H3;1-4,7-8H. The minimum absolute atomic E-state index is 0.0125. The predicted octanol–water partition coefficient (Wildman–Crippen LogP) is 8.35. The smallest absolute Gasteiger partial charge is 0.200 e. The zero-order chi connectivity index (χ0) is 35.8. The topological polar surface area (TPSA) is 156 Å². The molecule has 0 aliphatic carbocycles. The van der Waals surface area contributed by atoms with Crippen LogP contribution >= 0.6 is 0 Å². The summed E-state index contributed by atoms with van der Waals surface area (Å²) >= 11 is 0. The van der Waals surface area contributed by atoms with Crippen molar-refractivity contribution in [3.05, 3.63) is 143 Å². The lowest BCUT2D eigenvalue weighted by molar-refractivity contribution is 0.102. The van der Waals surface area contributed by atoms with Crippen LogP contribution in [0.5, 0.6) is 34.5 Å². The Balaban J connectivity index is 0.000000212. The van der Waals surface area contributed by atoms with Crippen molar-refractivity contribution in [2.24, 2.45) is 0 Å². The van der Waals surface area contributed by atoms with Crippen molar-refractivity contribution in [1.82, 2.24) is 0 Å². The summed E-state index contributed by atoms with van der Waals surface area (Å²) in [5.41, 5.74) is 3.03. The van der Waals surface area contributed by atoms with Crippen LogP contribution in [0.4, 0.5) is 0 Å². The van der Waals surface area contributed by atoms with Gasteiger partial charge in [-0.1, -0.05) is 108 Å². The summed E-state index contributed by atoms with van der Waals surface area (Å²) in [5, 5.41) is 56.2. The van der Waals surface area contributed by atoms with Crippen LogP contribution in [0.15, 0.2) is 109 Å². The van der Waals surface area contributed by atoms with E-state index in [2.05, 4.69) is 41.5 Å². The van der Waals surface area contributed by atoms with E-state index in [1.54, 1.807) is 30.3 Å². The number of phenols is 6. The second-order valence-corrected chi connectivity index (χ2v) is 13.2. The molecule has 5 rings (SSSR count). The molecule has 0 spiro atoms. The Labute approximate surface area is 280 Å². The number of hydrogen-bond donors (Lipinski definition) is 6. The van der Waals surface area contributed by atoms with E-state index in [9.17, 15) is 30.0 Å². The normalized spacial score (nSPS) is 11.0. The van der Waals surface area contributed by atoms with Gasteiger partial charge in [0, 0.05) is 17.2 Å². The lowest BCUT2D eigenvalue weighted by atomic mass is 9.86. The lowest BCUT2D eigenvalue weighted by Gasteiger charge is -2.19. The van der Waals surface area contributed by atoms with Gasteiger partial charge in [0.25, 0.3) is 0 Å². The Morgan fingerprint density at radius 3 is 0.917 bits per heavy atom. The summed E-state index contributed by atoms with van der Waals surface area (Å²) in [6.07, 6.45) is 0. The van der Waals surface area contributed by atoms with E-state index in [-0.39, 0.29) is 68.0 Å². The minimum atomic E-state index is -0.388. The van der Waals surface area contributed by atoms with Gasteiger partial charge in [-0.3, -0.25) is 9.59 Å². The molecule has 0 saturated carbocycles. The molecule has 8 heteroatoms.